The molecule has 0 aliphatic rings. The zero-order valence-electron chi connectivity index (χ0n) is 13.4. The lowest BCUT2D eigenvalue weighted by molar-refractivity contribution is 0.0778. The largest absolute Gasteiger partial charge is 0.494 e. The summed E-state index contributed by atoms with van der Waals surface area (Å²) in [5.74, 6) is 0.747. The summed E-state index contributed by atoms with van der Waals surface area (Å²) in [6.07, 6.45) is 0. The van der Waals surface area contributed by atoms with Gasteiger partial charge in [0.25, 0.3) is 5.91 Å². The van der Waals surface area contributed by atoms with Crippen LogP contribution in [0.4, 0.5) is 0 Å². The van der Waals surface area contributed by atoms with Crippen LogP contribution in [-0.4, -0.2) is 34.4 Å². The molecule has 0 aliphatic carbocycles. The van der Waals surface area contributed by atoms with Gasteiger partial charge < -0.3 is 14.6 Å². The third kappa shape index (κ3) is 3.37. The van der Waals surface area contributed by atoms with Crippen LogP contribution in [0.1, 0.15) is 28.1 Å². The minimum absolute atomic E-state index is 0.0511. The molecule has 1 aromatic carbocycles. The fraction of sp³-hybridized carbons (Fsp3) is 0.294. The Labute approximate surface area is 138 Å². The van der Waals surface area contributed by atoms with Crippen LogP contribution in [-0.2, 0) is 6.54 Å². The van der Waals surface area contributed by atoms with Gasteiger partial charge in [0.2, 0.25) is 0 Å². The molecule has 0 atom stereocenters. The molecule has 23 heavy (non-hydrogen) atoms. The molecule has 1 amide bonds. The predicted molar refractivity (Wildman–Crippen MR) is 92.1 cm³/mol. The highest BCUT2D eigenvalue weighted by Gasteiger charge is 2.16. The summed E-state index contributed by atoms with van der Waals surface area (Å²) in [6.45, 7) is 5.03. The summed E-state index contributed by atoms with van der Waals surface area (Å²) in [5, 5.41) is 3.99. The molecule has 0 saturated heterocycles. The monoisotopic (exact) mass is 329 g/mol. The number of aromatic amines is 1. The van der Waals surface area contributed by atoms with Gasteiger partial charge in [-0.05, 0) is 32.0 Å². The van der Waals surface area contributed by atoms with Gasteiger partial charge in [0.1, 0.15) is 11.4 Å². The molecule has 3 rings (SSSR count). The van der Waals surface area contributed by atoms with Crippen LogP contribution in [0, 0.1) is 6.92 Å². The van der Waals surface area contributed by atoms with Crippen LogP contribution in [0.25, 0.3) is 10.9 Å². The lowest BCUT2D eigenvalue weighted by Gasteiger charge is -2.14. The molecule has 0 bridgehead atoms. The molecule has 5 nitrogen and oxygen atoms in total. The Bertz CT molecular complexity index is 837. The number of hydrogen-bond donors (Lipinski definition) is 1. The molecular weight excluding hydrogens is 310 g/mol. The molecule has 3 aromatic rings. The van der Waals surface area contributed by atoms with E-state index in [-0.39, 0.29) is 5.91 Å². The number of ether oxygens (including phenoxy) is 1. The molecule has 0 saturated carbocycles. The van der Waals surface area contributed by atoms with Crippen LogP contribution in [0.5, 0.6) is 5.75 Å². The summed E-state index contributed by atoms with van der Waals surface area (Å²) in [6, 6.07) is 7.66. The van der Waals surface area contributed by atoms with Crippen molar-refractivity contribution in [3.63, 3.8) is 0 Å². The molecule has 0 aliphatic heterocycles. The number of nitrogens with zero attached hydrogens (tertiary/aromatic N) is 2. The number of hydrogen-bond acceptors (Lipinski definition) is 4. The van der Waals surface area contributed by atoms with Gasteiger partial charge in [0.05, 0.1) is 23.9 Å². The second-order valence-corrected chi connectivity index (χ2v) is 6.45. The summed E-state index contributed by atoms with van der Waals surface area (Å²) in [4.78, 5) is 21.8. The van der Waals surface area contributed by atoms with E-state index in [4.69, 9.17) is 4.74 Å². The maximum atomic E-state index is 12.6. The topological polar surface area (TPSA) is 58.2 Å². The number of aryl methyl sites for hydroxylation is 1. The quantitative estimate of drug-likeness (QED) is 0.778. The average Bonchev–Trinajstić information content (AvgIpc) is 3.12. The van der Waals surface area contributed by atoms with Gasteiger partial charge >= 0.3 is 0 Å². The first-order valence-electron chi connectivity index (χ1n) is 7.49. The molecule has 0 unspecified atom stereocenters. The first-order chi connectivity index (χ1) is 11.1. The van der Waals surface area contributed by atoms with Gasteiger partial charge in [0.15, 0.2) is 0 Å². The highest BCUT2D eigenvalue weighted by molar-refractivity contribution is 7.09. The number of rotatable bonds is 5. The minimum Gasteiger partial charge on any atom is -0.494 e. The number of carbonyl (C=O) groups excluding carboxylic acids is 1. The van der Waals surface area contributed by atoms with Gasteiger partial charge in [-0.3, -0.25) is 4.79 Å². The first-order valence-corrected chi connectivity index (χ1v) is 8.37. The van der Waals surface area contributed by atoms with Gasteiger partial charge in [-0.2, -0.15) is 0 Å². The van der Waals surface area contributed by atoms with E-state index in [0.717, 1.165) is 27.4 Å². The van der Waals surface area contributed by atoms with Crippen LogP contribution < -0.4 is 4.74 Å². The van der Waals surface area contributed by atoms with E-state index in [1.54, 1.807) is 23.3 Å². The lowest BCUT2D eigenvalue weighted by Crippen LogP contribution is -2.26. The summed E-state index contributed by atoms with van der Waals surface area (Å²) >= 11 is 1.59. The third-order valence-corrected chi connectivity index (χ3v) is 4.37. The van der Waals surface area contributed by atoms with Crippen LogP contribution in [0.15, 0.2) is 29.6 Å². The van der Waals surface area contributed by atoms with Crippen molar-refractivity contribution in [2.24, 2.45) is 0 Å². The van der Waals surface area contributed by atoms with Crippen molar-refractivity contribution in [1.29, 1.82) is 0 Å². The second-order valence-electron chi connectivity index (χ2n) is 5.38. The van der Waals surface area contributed by atoms with E-state index >= 15 is 0 Å². The second kappa shape index (κ2) is 6.42. The smallest absolute Gasteiger partial charge is 0.270 e. The van der Waals surface area contributed by atoms with Crippen molar-refractivity contribution in [2.75, 3.05) is 13.7 Å². The van der Waals surface area contributed by atoms with Crippen molar-refractivity contribution in [3.8, 4) is 5.75 Å². The molecule has 0 spiro atoms. The van der Waals surface area contributed by atoms with Crippen molar-refractivity contribution >= 4 is 28.1 Å². The average molecular weight is 329 g/mol. The Kier molecular flexibility index (Phi) is 4.34. The Morgan fingerprint density at radius 3 is 2.91 bits per heavy atom. The van der Waals surface area contributed by atoms with E-state index in [1.165, 1.54) is 0 Å². The zero-order chi connectivity index (χ0) is 16.4. The number of fused-ring (bicyclic) bond motifs is 1. The number of nitrogens with one attached hydrogen (secondary N) is 1. The Balaban J connectivity index is 1.79. The number of carbonyl (C=O) groups is 1. The number of H-pyrrole nitrogens is 1. The third-order valence-electron chi connectivity index (χ3n) is 3.55. The molecule has 1 N–H and O–H groups in total. The summed E-state index contributed by atoms with van der Waals surface area (Å²) < 4.78 is 5.49. The lowest BCUT2D eigenvalue weighted by atomic mass is 10.2. The SMILES string of the molecule is CCOc1ccc2cc(C(=O)N(C)Cc3csc(C)n3)[nH]c2c1. The first kappa shape index (κ1) is 15.6. The van der Waals surface area contributed by atoms with Gasteiger partial charge in [-0.1, -0.05) is 0 Å². The maximum absolute atomic E-state index is 12.6. The maximum Gasteiger partial charge on any atom is 0.270 e. The number of amides is 1. The van der Waals surface area contributed by atoms with E-state index in [1.807, 2.05) is 43.5 Å². The zero-order valence-corrected chi connectivity index (χ0v) is 14.2. The van der Waals surface area contributed by atoms with E-state index < -0.39 is 0 Å². The summed E-state index contributed by atoms with van der Waals surface area (Å²) in [5.41, 5.74) is 2.39. The Morgan fingerprint density at radius 1 is 1.39 bits per heavy atom. The highest BCUT2D eigenvalue weighted by atomic mass is 32.1. The van der Waals surface area contributed by atoms with Crippen LogP contribution >= 0.6 is 11.3 Å². The standard InChI is InChI=1S/C17H19N3O2S/c1-4-22-14-6-5-12-7-16(19-15(12)8-14)17(21)20(3)9-13-10-23-11(2)18-13/h5-8,10,19H,4,9H2,1-3H3. The van der Waals surface area contributed by atoms with E-state index in [9.17, 15) is 4.79 Å². The number of aromatic nitrogens is 2. The Morgan fingerprint density at radius 2 is 2.22 bits per heavy atom. The van der Waals surface area contributed by atoms with Gasteiger partial charge in [-0.15, -0.1) is 11.3 Å². The van der Waals surface area contributed by atoms with Crippen LogP contribution in [0.3, 0.4) is 0 Å². The molecule has 120 valence electrons. The highest BCUT2D eigenvalue weighted by Crippen LogP contribution is 2.22. The fourth-order valence-corrected chi connectivity index (χ4v) is 3.08. The molecule has 2 aromatic heterocycles. The van der Waals surface area contributed by atoms with Crippen molar-refractivity contribution in [1.82, 2.24) is 14.9 Å². The van der Waals surface area contributed by atoms with Crippen molar-refractivity contribution < 1.29 is 9.53 Å². The molecule has 2 heterocycles. The van der Waals surface area contributed by atoms with E-state index in [2.05, 4.69) is 9.97 Å². The Hall–Kier alpha value is -2.34. The molecule has 0 fully saturated rings. The fourth-order valence-electron chi connectivity index (χ4n) is 2.48. The van der Waals surface area contributed by atoms with Crippen molar-refractivity contribution in [3.05, 3.63) is 46.0 Å². The molecule has 6 heteroatoms. The normalized spacial score (nSPS) is 10.9. The summed E-state index contributed by atoms with van der Waals surface area (Å²) in [7, 11) is 1.79. The van der Waals surface area contributed by atoms with Crippen LogP contribution in [0.2, 0.25) is 0 Å². The number of thiazole rings is 1. The molecule has 0 radical (unpaired) electrons. The number of benzene rings is 1. The van der Waals surface area contributed by atoms with Crippen molar-refractivity contribution in [2.45, 2.75) is 20.4 Å². The molecular formula is C17H19N3O2S. The van der Waals surface area contributed by atoms with E-state index in [0.29, 0.717) is 18.8 Å². The predicted octanol–water partition coefficient (Wildman–Crippen LogP) is 3.60. The van der Waals surface area contributed by atoms with Gasteiger partial charge in [-0.25, -0.2) is 4.98 Å². The minimum atomic E-state index is -0.0511. The van der Waals surface area contributed by atoms with Gasteiger partial charge in [0, 0.05) is 29.4 Å².